The zero-order valence-corrected chi connectivity index (χ0v) is 13.5. The van der Waals surface area contributed by atoms with Gasteiger partial charge in [-0.2, -0.15) is 0 Å². The Hall–Kier alpha value is -2.36. The number of rotatable bonds is 6. The Balaban J connectivity index is 2.32. The van der Waals surface area contributed by atoms with E-state index >= 15 is 0 Å². The lowest BCUT2D eigenvalue weighted by Gasteiger charge is -2.15. The van der Waals surface area contributed by atoms with Crippen LogP contribution in [0.2, 0.25) is 0 Å². The summed E-state index contributed by atoms with van der Waals surface area (Å²) in [6.07, 6.45) is 3.53. The first kappa shape index (κ1) is 15.5. The second-order valence-corrected chi connectivity index (χ2v) is 5.73. The van der Waals surface area contributed by atoms with Gasteiger partial charge < -0.3 is 9.47 Å². The Kier molecular flexibility index (Phi) is 4.33. The molecule has 3 rings (SSSR count). The SMILES string of the molecule is CCCCc1c2c(c(OCCC)c3ccccc13)C(=O)OC2=O. The molecule has 0 aliphatic carbocycles. The normalized spacial score (nSPS) is 13.3. The highest BCUT2D eigenvalue weighted by Crippen LogP contribution is 2.40. The van der Waals surface area contributed by atoms with Gasteiger partial charge in [-0.3, -0.25) is 0 Å². The van der Waals surface area contributed by atoms with Crippen LogP contribution in [-0.2, 0) is 11.2 Å². The number of hydrogen-bond donors (Lipinski definition) is 0. The van der Waals surface area contributed by atoms with Crippen LogP contribution in [0, 0.1) is 0 Å². The Morgan fingerprint density at radius 1 is 0.957 bits per heavy atom. The van der Waals surface area contributed by atoms with E-state index in [1.165, 1.54) is 0 Å². The van der Waals surface area contributed by atoms with Crippen molar-refractivity contribution in [2.75, 3.05) is 6.61 Å². The predicted molar refractivity (Wildman–Crippen MR) is 88.1 cm³/mol. The quantitative estimate of drug-likeness (QED) is 0.590. The number of aryl methyl sites for hydroxylation is 1. The number of ether oxygens (including phenoxy) is 2. The summed E-state index contributed by atoms with van der Waals surface area (Å²) in [7, 11) is 0. The molecule has 0 spiro atoms. The van der Waals surface area contributed by atoms with E-state index in [9.17, 15) is 9.59 Å². The summed E-state index contributed by atoms with van der Waals surface area (Å²) in [6, 6.07) is 7.77. The molecule has 23 heavy (non-hydrogen) atoms. The maximum atomic E-state index is 12.2. The highest BCUT2D eigenvalue weighted by atomic mass is 16.6. The molecule has 1 aliphatic rings. The molecule has 0 unspecified atom stereocenters. The molecule has 2 aromatic carbocycles. The number of esters is 2. The van der Waals surface area contributed by atoms with Crippen LogP contribution >= 0.6 is 0 Å². The topological polar surface area (TPSA) is 52.6 Å². The molecule has 0 amide bonds. The van der Waals surface area contributed by atoms with Crippen molar-refractivity contribution in [1.82, 2.24) is 0 Å². The van der Waals surface area contributed by atoms with Crippen molar-refractivity contribution in [3.8, 4) is 5.75 Å². The number of hydrogen-bond acceptors (Lipinski definition) is 4. The van der Waals surface area contributed by atoms with E-state index in [4.69, 9.17) is 9.47 Å². The molecule has 0 N–H and O–H groups in total. The summed E-state index contributed by atoms with van der Waals surface area (Å²) in [5.74, 6) is -0.670. The minimum atomic E-state index is -0.598. The Morgan fingerprint density at radius 3 is 2.35 bits per heavy atom. The van der Waals surface area contributed by atoms with Gasteiger partial charge >= 0.3 is 11.9 Å². The summed E-state index contributed by atoms with van der Waals surface area (Å²) >= 11 is 0. The number of carbonyl (C=O) groups excluding carboxylic acids is 2. The van der Waals surface area contributed by atoms with Crippen LogP contribution in [0.5, 0.6) is 5.75 Å². The van der Waals surface area contributed by atoms with Gasteiger partial charge in [0.2, 0.25) is 0 Å². The number of cyclic esters (lactones) is 2. The monoisotopic (exact) mass is 312 g/mol. The van der Waals surface area contributed by atoms with Crippen molar-refractivity contribution in [2.24, 2.45) is 0 Å². The molecule has 0 radical (unpaired) electrons. The molecule has 0 atom stereocenters. The first-order valence-electron chi connectivity index (χ1n) is 8.15. The van der Waals surface area contributed by atoms with Crippen LogP contribution in [0.1, 0.15) is 59.4 Å². The van der Waals surface area contributed by atoms with E-state index in [2.05, 4.69) is 6.92 Å². The largest absolute Gasteiger partial charge is 0.492 e. The summed E-state index contributed by atoms with van der Waals surface area (Å²) in [5, 5.41) is 1.84. The molecule has 0 bridgehead atoms. The third kappa shape index (κ3) is 2.58. The fourth-order valence-electron chi connectivity index (χ4n) is 3.05. The van der Waals surface area contributed by atoms with Gasteiger partial charge in [0.1, 0.15) is 11.3 Å². The molecule has 0 saturated heterocycles. The Bertz CT molecular complexity index is 712. The van der Waals surface area contributed by atoms with E-state index in [0.29, 0.717) is 23.5 Å². The third-order valence-corrected chi connectivity index (χ3v) is 4.10. The zero-order chi connectivity index (χ0) is 16.4. The van der Waals surface area contributed by atoms with Crippen LogP contribution in [0.3, 0.4) is 0 Å². The molecule has 1 aliphatic heterocycles. The third-order valence-electron chi connectivity index (χ3n) is 4.10. The maximum Gasteiger partial charge on any atom is 0.350 e. The number of benzene rings is 2. The summed E-state index contributed by atoms with van der Waals surface area (Å²) < 4.78 is 10.7. The molecule has 2 aromatic rings. The van der Waals surface area contributed by atoms with Crippen molar-refractivity contribution >= 4 is 22.7 Å². The number of fused-ring (bicyclic) bond motifs is 2. The molecular weight excluding hydrogens is 292 g/mol. The van der Waals surface area contributed by atoms with Crippen LogP contribution in [0.4, 0.5) is 0 Å². The number of carbonyl (C=O) groups is 2. The van der Waals surface area contributed by atoms with E-state index in [-0.39, 0.29) is 0 Å². The van der Waals surface area contributed by atoms with Gasteiger partial charge in [0, 0.05) is 5.39 Å². The fourth-order valence-corrected chi connectivity index (χ4v) is 3.05. The average Bonchev–Trinajstić information content (AvgIpc) is 2.85. The lowest BCUT2D eigenvalue weighted by Crippen LogP contribution is -2.06. The Labute approximate surface area is 135 Å². The summed E-state index contributed by atoms with van der Waals surface area (Å²) in [6.45, 7) is 4.60. The first-order chi connectivity index (χ1) is 11.2. The van der Waals surface area contributed by atoms with Crippen molar-refractivity contribution in [1.29, 1.82) is 0 Å². The molecule has 1 heterocycles. The fraction of sp³-hybridized carbons (Fsp3) is 0.368. The van der Waals surface area contributed by atoms with Gasteiger partial charge in [0.05, 0.1) is 12.2 Å². The highest BCUT2D eigenvalue weighted by molar-refractivity contribution is 6.21. The van der Waals surface area contributed by atoms with Crippen LogP contribution in [0.15, 0.2) is 24.3 Å². The van der Waals surface area contributed by atoms with Crippen molar-refractivity contribution in [3.63, 3.8) is 0 Å². The van der Waals surface area contributed by atoms with Crippen molar-refractivity contribution in [3.05, 3.63) is 41.0 Å². The Morgan fingerprint density at radius 2 is 1.65 bits per heavy atom. The second kappa shape index (κ2) is 6.41. The lowest BCUT2D eigenvalue weighted by molar-refractivity contribution is 0.0442. The standard InChI is InChI=1S/C19H20O4/c1-3-5-8-13-12-9-6-7-10-14(12)17(22-11-4-2)16-15(13)18(20)23-19(16)21/h6-7,9-10H,3-5,8,11H2,1-2H3. The highest BCUT2D eigenvalue weighted by Gasteiger charge is 2.37. The average molecular weight is 312 g/mol. The van der Waals surface area contributed by atoms with Gasteiger partial charge in [-0.15, -0.1) is 0 Å². The molecule has 120 valence electrons. The first-order valence-corrected chi connectivity index (χ1v) is 8.15. The summed E-state index contributed by atoms with van der Waals surface area (Å²) in [5.41, 5.74) is 1.60. The van der Waals surface area contributed by atoms with Crippen molar-refractivity contribution < 1.29 is 19.1 Å². The van der Waals surface area contributed by atoms with Gasteiger partial charge in [-0.25, -0.2) is 9.59 Å². The predicted octanol–water partition coefficient (Wildman–Crippen LogP) is 4.28. The summed E-state index contributed by atoms with van der Waals surface area (Å²) in [4.78, 5) is 24.4. The maximum absolute atomic E-state index is 12.2. The minimum Gasteiger partial charge on any atom is -0.492 e. The number of unbranched alkanes of at least 4 members (excludes halogenated alkanes) is 1. The van der Waals surface area contributed by atoms with Crippen LogP contribution < -0.4 is 4.74 Å². The van der Waals surface area contributed by atoms with E-state index in [0.717, 1.165) is 42.0 Å². The van der Waals surface area contributed by atoms with E-state index < -0.39 is 11.9 Å². The van der Waals surface area contributed by atoms with E-state index in [1.54, 1.807) is 0 Å². The molecule has 4 heteroatoms. The smallest absolute Gasteiger partial charge is 0.350 e. The van der Waals surface area contributed by atoms with Crippen LogP contribution in [0.25, 0.3) is 10.8 Å². The zero-order valence-electron chi connectivity index (χ0n) is 13.5. The molecule has 0 fully saturated rings. The molecule has 0 saturated carbocycles. The van der Waals surface area contributed by atoms with Gasteiger partial charge in [0.15, 0.2) is 0 Å². The van der Waals surface area contributed by atoms with Gasteiger partial charge in [-0.1, -0.05) is 44.5 Å². The van der Waals surface area contributed by atoms with Gasteiger partial charge in [-0.05, 0) is 30.2 Å². The molecule has 0 aromatic heterocycles. The molecular formula is C19H20O4. The van der Waals surface area contributed by atoms with Gasteiger partial charge in [0.25, 0.3) is 0 Å². The van der Waals surface area contributed by atoms with Crippen LogP contribution in [-0.4, -0.2) is 18.5 Å². The van der Waals surface area contributed by atoms with E-state index in [1.807, 2.05) is 31.2 Å². The lowest BCUT2D eigenvalue weighted by atomic mass is 9.91. The minimum absolute atomic E-state index is 0.299. The second-order valence-electron chi connectivity index (χ2n) is 5.73. The van der Waals surface area contributed by atoms with Crippen molar-refractivity contribution in [2.45, 2.75) is 39.5 Å². The molecule has 4 nitrogen and oxygen atoms in total.